The van der Waals surface area contributed by atoms with Gasteiger partial charge in [0.15, 0.2) is 0 Å². The van der Waals surface area contributed by atoms with Gasteiger partial charge in [0.05, 0.1) is 12.3 Å². The molecule has 0 aromatic heterocycles. The number of cyclic esters (lactones) is 2. The summed E-state index contributed by atoms with van der Waals surface area (Å²) in [6.45, 7) is 2.14. The first-order valence-electron chi connectivity index (χ1n) is 5.13. The van der Waals surface area contributed by atoms with E-state index in [1.807, 2.05) is 6.08 Å². The third-order valence-electron chi connectivity index (χ3n) is 2.27. The molecule has 1 rings (SSSR count). The van der Waals surface area contributed by atoms with Crippen molar-refractivity contribution in [2.24, 2.45) is 5.92 Å². The van der Waals surface area contributed by atoms with E-state index in [1.54, 1.807) is 0 Å². The van der Waals surface area contributed by atoms with Crippen molar-refractivity contribution in [1.82, 2.24) is 0 Å². The zero-order valence-corrected chi connectivity index (χ0v) is 8.49. The monoisotopic (exact) mass is 196 g/mol. The average molecular weight is 196 g/mol. The third kappa shape index (κ3) is 3.32. The summed E-state index contributed by atoms with van der Waals surface area (Å²) in [6, 6.07) is 0. The Hall–Kier alpha value is -1.12. The summed E-state index contributed by atoms with van der Waals surface area (Å²) in [5.41, 5.74) is 0. The smallest absolute Gasteiger partial charge is 0.317 e. The summed E-state index contributed by atoms with van der Waals surface area (Å²) in [5, 5.41) is 0. The molecule has 78 valence electrons. The quantitative estimate of drug-likeness (QED) is 0.293. The second-order valence-electron chi connectivity index (χ2n) is 3.54. The lowest BCUT2D eigenvalue weighted by atomic mass is 10.0. The molecular weight excluding hydrogens is 180 g/mol. The molecule has 0 aromatic rings. The fraction of sp³-hybridized carbons (Fsp3) is 0.636. The largest absolute Gasteiger partial charge is 0.393 e. The van der Waals surface area contributed by atoms with E-state index < -0.39 is 0 Å². The molecule has 1 aliphatic heterocycles. The molecule has 1 atom stereocenters. The highest BCUT2D eigenvalue weighted by Crippen LogP contribution is 2.19. The number of carbonyl (C=O) groups excluding carboxylic acids is 2. The maximum absolute atomic E-state index is 11.0. The molecule has 0 amide bonds. The van der Waals surface area contributed by atoms with Crippen LogP contribution in [0.25, 0.3) is 0 Å². The van der Waals surface area contributed by atoms with Gasteiger partial charge in [0.25, 0.3) is 0 Å². The van der Waals surface area contributed by atoms with Crippen molar-refractivity contribution >= 4 is 11.9 Å². The van der Waals surface area contributed by atoms with Gasteiger partial charge in [0, 0.05) is 0 Å². The zero-order chi connectivity index (χ0) is 10.4. The second-order valence-corrected chi connectivity index (χ2v) is 3.54. The van der Waals surface area contributed by atoms with Crippen LogP contribution in [0.5, 0.6) is 0 Å². The fourth-order valence-corrected chi connectivity index (χ4v) is 1.40. The molecule has 0 spiro atoms. The number of carbonyl (C=O) groups is 2. The number of esters is 2. The summed E-state index contributed by atoms with van der Waals surface area (Å²) in [4.78, 5) is 21.8. The lowest BCUT2D eigenvalue weighted by Gasteiger charge is -1.97. The van der Waals surface area contributed by atoms with Gasteiger partial charge in [-0.25, -0.2) is 0 Å². The van der Waals surface area contributed by atoms with Crippen molar-refractivity contribution in [3.05, 3.63) is 12.2 Å². The van der Waals surface area contributed by atoms with E-state index in [0.29, 0.717) is 6.42 Å². The molecule has 0 N–H and O–H groups in total. The van der Waals surface area contributed by atoms with Gasteiger partial charge in [-0.15, -0.1) is 0 Å². The van der Waals surface area contributed by atoms with Crippen molar-refractivity contribution in [2.45, 2.75) is 39.0 Å². The molecule has 1 fully saturated rings. The molecule has 3 heteroatoms. The van der Waals surface area contributed by atoms with E-state index in [-0.39, 0.29) is 24.3 Å². The number of hydrogen-bond donors (Lipinski definition) is 0. The minimum absolute atomic E-state index is 0.236. The number of rotatable bonds is 5. The highest BCUT2D eigenvalue weighted by atomic mass is 16.6. The van der Waals surface area contributed by atoms with E-state index in [9.17, 15) is 9.59 Å². The van der Waals surface area contributed by atoms with Gasteiger partial charge in [-0.2, -0.15) is 0 Å². The van der Waals surface area contributed by atoms with Crippen molar-refractivity contribution in [2.75, 3.05) is 0 Å². The van der Waals surface area contributed by atoms with Crippen molar-refractivity contribution in [3.8, 4) is 0 Å². The third-order valence-corrected chi connectivity index (χ3v) is 2.27. The minimum Gasteiger partial charge on any atom is -0.393 e. The molecule has 0 aromatic carbocycles. The Kier molecular flexibility index (Phi) is 4.36. The first-order chi connectivity index (χ1) is 6.74. The molecule has 0 radical (unpaired) electrons. The van der Waals surface area contributed by atoms with Crippen LogP contribution in [0.4, 0.5) is 0 Å². The van der Waals surface area contributed by atoms with Gasteiger partial charge in [0.1, 0.15) is 0 Å². The van der Waals surface area contributed by atoms with Gasteiger partial charge in [-0.05, 0) is 12.8 Å². The Morgan fingerprint density at radius 3 is 2.79 bits per heavy atom. The van der Waals surface area contributed by atoms with Crippen LogP contribution in [-0.2, 0) is 14.3 Å². The summed E-state index contributed by atoms with van der Waals surface area (Å²) in [6.07, 6.45) is 8.32. The molecule has 14 heavy (non-hydrogen) atoms. The van der Waals surface area contributed by atoms with Crippen LogP contribution in [-0.4, -0.2) is 11.9 Å². The fourth-order valence-electron chi connectivity index (χ4n) is 1.40. The second kappa shape index (κ2) is 5.58. The number of unbranched alkanes of at least 4 members (excludes halogenated alkanes) is 2. The van der Waals surface area contributed by atoms with Crippen molar-refractivity contribution < 1.29 is 14.3 Å². The lowest BCUT2D eigenvalue weighted by molar-refractivity contribution is -0.153. The predicted octanol–water partition coefficient (Wildman–Crippen LogP) is 2.21. The van der Waals surface area contributed by atoms with Crippen LogP contribution < -0.4 is 0 Å². The topological polar surface area (TPSA) is 43.4 Å². The normalized spacial score (nSPS) is 21.9. The lowest BCUT2D eigenvalue weighted by Crippen LogP contribution is -2.05. The maximum atomic E-state index is 11.0. The summed E-state index contributed by atoms with van der Waals surface area (Å²) >= 11 is 0. The van der Waals surface area contributed by atoms with Crippen molar-refractivity contribution in [1.29, 1.82) is 0 Å². The van der Waals surface area contributed by atoms with Crippen LogP contribution in [0, 0.1) is 5.92 Å². The Bertz CT molecular complexity index is 243. The van der Waals surface area contributed by atoms with E-state index in [1.165, 1.54) is 12.8 Å². The van der Waals surface area contributed by atoms with Crippen molar-refractivity contribution in [3.63, 3.8) is 0 Å². The van der Waals surface area contributed by atoms with Crippen LogP contribution in [0.2, 0.25) is 0 Å². The highest BCUT2D eigenvalue weighted by molar-refractivity contribution is 5.94. The van der Waals surface area contributed by atoms with Crippen LogP contribution in [0.15, 0.2) is 12.2 Å². The zero-order valence-electron chi connectivity index (χ0n) is 8.49. The van der Waals surface area contributed by atoms with E-state index in [4.69, 9.17) is 0 Å². The average Bonchev–Trinajstić information content (AvgIpc) is 2.45. The number of ether oxygens (including phenoxy) is 1. The molecule has 1 heterocycles. The number of allylic oxidation sites excluding steroid dienone is 2. The van der Waals surface area contributed by atoms with Crippen LogP contribution >= 0.6 is 0 Å². The Morgan fingerprint density at radius 1 is 1.43 bits per heavy atom. The highest BCUT2D eigenvalue weighted by Gasteiger charge is 2.31. The molecule has 3 nitrogen and oxygen atoms in total. The first kappa shape index (κ1) is 11.0. The van der Waals surface area contributed by atoms with Gasteiger partial charge in [0.2, 0.25) is 0 Å². The van der Waals surface area contributed by atoms with Crippen LogP contribution in [0.1, 0.15) is 39.0 Å². The van der Waals surface area contributed by atoms with E-state index in [2.05, 4.69) is 17.7 Å². The predicted molar refractivity (Wildman–Crippen MR) is 52.5 cm³/mol. The first-order valence-corrected chi connectivity index (χ1v) is 5.13. The summed E-state index contributed by atoms with van der Waals surface area (Å²) < 4.78 is 4.44. The standard InChI is InChI=1S/C11H16O3/c1-2-3-4-5-6-7-9-8-10(12)14-11(9)13/h5-6,9H,2-4,7-8H2,1H3/b6-5+. The summed E-state index contributed by atoms with van der Waals surface area (Å²) in [7, 11) is 0. The minimum atomic E-state index is -0.387. The molecular formula is C11H16O3. The van der Waals surface area contributed by atoms with Crippen LogP contribution in [0.3, 0.4) is 0 Å². The van der Waals surface area contributed by atoms with E-state index in [0.717, 1.165) is 6.42 Å². The summed E-state index contributed by atoms with van der Waals surface area (Å²) in [5.74, 6) is -0.988. The van der Waals surface area contributed by atoms with E-state index >= 15 is 0 Å². The Balaban J connectivity index is 2.21. The molecule has 1 saturated heterocycles. The SMILES string of the molecule is CCCC/C=C/CC1CC(=O)OC1=O. The van der Waals surface area contributed by atoms with Gasteiger partial charge >= 0.3 is 11.9 Å². The number of hydrogen-bond acceptors (Lipinski definition) is 3. The Morgan fingerprint density at radius 2 is 2.21 bits per heavy atom. The molecule has 0 aliphatic carbocycles. The molecule has 0 bridgehead atoms. The molecule has 1 aliphatic rings. The molecule has 0 saturated carbocycles. The maximum Gasteiger partial charge on any atom is 0.317 e. The van der Waals surface area contributed by atoms with Gasteiger partial charge in [-0.3, -0.25) is 9.59 Å². The Labute approximate surface area is 84.1 Å². The van der Waals surface area contributed by atoms with Gasteiger partial charge < -0.3 is 4.74 Å². The van der Waals surface area contributed by atoms with Gasteiger partial charge in [-0.1, -0.05) is 31.9 Å². The molecule has 1 unspecified atom stereocenters.